The van der Waals surface area contributed by atoms with Crippen LogP contribution in [-0.4, -0.2) is 21.0 Å². The van der Waals surface area contributed by atoms with Crippen LogP contribution in [0.2, 0.25) is 0 Å². The molecule has 0 unspecified atom stereocenters. The van der Waals surface area contributed by atoms with E-state index in [0.717, 1.165) is 30.0 Å². The Morgan fingerprint density at radius 2 is 2.20 bits per heavy atom. The van der Waals surface area contributed by atoms with Crippen LogP contribution in [0.5, 0.6) is 0 Å². The van der Waals surface area contributed by atoms with E-state index in [2.05, 4.69) is 10.3 Å². The van der Waals surface area contributed by atoms with Gasteiger partial charge in [-0.25, -0.2) is 4.98 Å². The molecular weight excluding hydrogens is 256 g/mol. The lowest BCUT2D eigenvalue weighted by molar-refractivity contribution is -0.384. The Morgan fingerprint density at radius 1 is 1.40 bits per heavy atom. The summed E-state index contributed by atoms with van der Waals surface area (Å²) in [5.41, 5.74) is 1.93. The van der Waals surface area contributed by atoms with Crippen molar-refractivity contribution in [3.05, 3.63) is 52.1 Å². The van der Waals surface area contributed by atoms with E-state index in [1.54, 1.807) is 18.3 Å². The molecule has 6 heteroatoms. The van der Waals surface area contributed by atoms with Gasteiger partial charge in [0.25, 0.3) is 5.69 Å². The maximum Gasteiger partial charge on any atom is 0.269 e. The predicted molar refractivity (Wildman–Crippen MR) is 78.0 cm³/mol. The zero-order valence-electron chi connectivity index (χ0n) is 11.7. The molecule has 1 N–H and O–H groups in total. The molecule has 6 nitrogen and oxygen atoms in total. The number of hydrogen-bond donors (Lipinski definition) is 1. The third-order valence-electron chi connectivity index (χ3n) is 3.13. The number of imidazole rings is 1. The van der Waals surface area contributed by atoms with Crippen LogP contribution in [0.1, 0.15) is 25.2 Å². The van der Waals surface area contributed by atoms with Crippen LogP contribution in [0.15, 0.2) is 30.6 Å². The molecule has 0 aliphatic heterocycles. The number of nitro benzene ring substituents is 1. The van der Waals surface area contributed by atoms with Gasteiger partial charge in [0.05, 0.1) is 11.5 Å². The summed E-state index contributed by atoms with van der Waals surface area (Å²) in [7, 11) is 0. The molecule has 0 aliphatic rings. The Labute approximate surface area is 117 Å². The molecule has 0 saturated heterocycles. The molecule has 2 rings (SSSR count). The minimum absolute atomic E-state index is 0.111. The summed E-state index contributed by atoms with van der Waals surface area (Å²) < 4.78 is 2.01. The number of nitrogens with one attached hydrogen (secondary N) is 1. The predicted octanol–water partition coefficient (Wildman–Crippen LogP) is 2.83. The third-order valence-corrected chi connectivity index (χ3v) is 3.13. The highest BCUT2D eigenvalue weighted by atomic mass is 16.6. The van der Waals surface area contributed by atoms with Crippen LogP contribution in [0.25, 0.3) is 0 Å². The first kappa shape index (κ1) is 14.0. The molecule has 2 aromatic rings. The molecule has 106 valence electrons. The molecule has 0 amide bonds. The molecule has 1 heterocycles. The molecule has 0 aliphatic carbocycles. The summed E-state index contributed by atoms with van der Waals surface area (Å²) in [5, 5.41) is 14.1. The molecular formula is C14H18N4O2. The van der Waals surface area contributed by atoms with Crippen LogP contribution < -0.4 is 5.32 Å². The summed E-state index contributed by atoms with van der Waals surface area (Å²) in [6, 6.07) is 4.91. The van der Waals surface area contributed by atoms with Crippen molar-refractivity contribution >= 4 is 11.4 Å². The van der Waals surface area contributed by atoms with Crippen LogP contribution in [0, 0.1) is 10.1 Å². The van der Waals surface area contributed by atoms with E-state index in [1.165, 1.54) is 6.07 Å². The summed E-state index contributed by atoms with van der Waals surface area (Å²) in [5.74, 6) is 0.971. The number of rotatable bonds is 6. The Hall–Kier alpha value is -2.37. The van der Waals surface area contributed by atoms with Crippen molar-refractivity contribution in [3.63, 3.8) is 0 Å². The number of nitro groups is 1. The van der Waals surface area contributed by atoms with Crippen molar-refractivity contribution in [1.82, 2.24) is 9.55 Å². The first-order chi connectivity index (χ1) is 9.65. The third kappa shape index (κ3) is 2.96. The van der Waals surface area contributed by atoms with Crippen molar-refractivity contribution in [3.8, 4) is 0 Å². The van der Waals surface area contributed by atoms with Gasteiger partial charge in [-0.15, -0.1) is 0 Å². The van der Waals surface area contributed by atoms with Gasteiger partial charge in [0.15, 0.2) is 0 Å². The second kappa shape index (κ2) is 6.18. The van der Waals surface area contributed by atoms with Crippen LogP contribution in [0.4, 0.5) is 11.4 Å². The highest BCUT2D eigenvalue weighted by Crippen LogP contribution is 2.23. The Morgan fingerprint density at radius 3 is 2.85 bits per heavy atom. The number of benzene rings is 1. The fourth-order valence-electron chi connectivity index (χ4n) is 2.17. The maximum absolute atomic E-state index is 10.9. The SMILES string of the molecule is CCNc1ccc([N+](=O)[O-])cc1Cn1ccnc1CC. The smallest absolute Gasteiger partial charge is 0.269 e. The second-order valence-corrected chi connectivity index (χ2v) is 4.45. The highest BCUT2D eigenvalue weighted by Gasteiger charge is 2.12. The zero-order chi connectivity index (χ0) is 14.5. The van der Waals surface area contributed by atoms with E-state index in [0.29, 0.717) is 6.54 Å². The van der Waals surface area contributed by atoms with E-state index in [4.69, 9.17) is 0 Å². The molecule has 1 aromatic carbocycles. The fourth-order valence-corrected chi connectivity index (χ4v) is 2.17. The van der Waals surface area contributed by atoms with Gasteiger partial charge in [-0.3, -0.25) is 10.1 Å². The first-order valence-electron chi connectivity index (χ1n) is 6.66. The van der Waals surface area contributed by atoms with Gasteiger partial charge >= 0.3 is 0 Å². The van der Waals surface area contributed by atoms with E-state index in [-0.39, 0.29) is 10.6 Å². The standard InChI is InChI=1S/C14H18N4O2/c1-3-14-16-7-8-17(14)10-11-9-12(18(19)20)5-6-13(11)15-4-2/h5-9,15H,3-4,10H2,1-2H3. The van der Waals surface area contributed by atoms with E-state index >= 15 is 0 Å². The Kier molecular flexibility index (Phi) is 4.34. The number of hydrogen-bond acceptors (Lipinski definition) is 4. The molecule has 0 bridgehead atoms. The number of nitrogens with zero attached hydrogens (tertiary/aromatic N) is 3. The summed E-state index contributed by atoms with van der Waals surface area (Å²) in [4.78, 5) is 14.8. The number of aryl methyl sites for hydroxylation is 1. The monoisotopic (exact) mass is 274 g/mol. The molecule has 0 atom stereocenters. The molecule has 1 aromatic heterocycles. The van der Waals surface area contributed by atoms with Gasteiger partial charge in [-0.1, -0.05) is 6.92 Å². The van der Waals surface area contributed by atoms with Crippen molar-refractivity contribution in [1.29, 1.82) is 0 Å². The summed E-state index contributed by atoms with van der Waals surface area (Å²) >= 11 is 0. The van der Waals surface area contributed by atoms with Crippen molar-refractivity contribution in [2.75, 3.05) is 11.9 Å². The summed E-state index contributed by atoms with van der Waals surface area (Å²) in [6.45, 7) is 5.39. The minimum atomic E-state index is -0.367. The summed E-state index contributed by atoms with van der Waals surface area (Å²) in [6.07, 6.45) is 4.48. The average Bonchev–Trinajstić information content (AvgIpc) is 2.88. The molecule has 0 spiro atoms. The lowest BCUT2D eigenvalue weighted by atomic mass is 10.1. The number of anilines is 1. The van der Waals surface area contributed by atoms with Gasteiger partial charge < -0.3 is 9.88 Å². The fraction of sp³-hybridized carbons (Fsp3) is 0.357. The first-order valence-corrected chi connectivity index (χ1v) is 6.66. The van der Waals surface area contributed by atoms with Gasteiger partial charge in [0, 0.05) is 48.7 Å². The van der Waals surface area contributed by atoms with E-state index in [9.17, 15) is 10.1 Å². The van der Waals surface area contributed by atoms with Gasteiger partial charge in [-0.2, -0.15) is 0 Å². The van der Waals surface area contributed by atoms with Crippen molar-refractivity contribution < 1.29 is 4.92 Å². The molecule has 0 saturated carbocycles. The van der Waals surface area contributed by atoms with E-state index in [1.807, 2.05) is 24.6 Å². The normalized spacial score (nSPS) is 10.5. The van der Waals surface area contributed by atoms with Crippen LogP contribution in [-0.2, 0) is 13.0 Å². The van der Waals surface area contributed by atoms with Crippen molar-refractivity contribution in [2.24, 2.45) is 0 Å². The van der Waals surface area contributed by atoms with Gasteiger partial charge in [0.2, 0.25) is 0 Å². The van der Waals surface area contributed by atoms with Crippen molar-refractivity contribution in [2.45, 2.75) is 26.8 Å². The quantitative estimate of drug-likeness (QED) is 0.649. The second-order valence-electron chi connectivity index (χ2n) is 4.45. The number of non-ortho nitro benzene ring substituents is 1. The molecule has 0 radical (unpaired) electrons. The molecule has 20 heavy (non-hydrogen) atoms. The highest BCUT2D eigenvalue weighted by molar-refractivity contribution is 5.56. The lowest BCUT2D eigenvalue weighted by Gasteiger charge is -2.12. The van der Waals surface area contributed by atoms with Crippen LogP contribution in [0.3, 0.4) is 0 Å². The lowest BCUT2D eigenvalue weighted by Crippen LogP contribution is -2.08. The van der Waals surface area contributed by atoms with Gasteiger partial charge in [-0.05, 0) is 13.0 Å². The zero-order valence-corrected chi connectivity index (χ0v) is 11.7. The Bertz CT molecular complexity index is 607. The Balaban J connectivity index is 2.36. The maximum atomic E-state index is 10.9. The van der Waals surface area contributed by atoms with E-state index < -0.39 is 0 Å². The molecule has 0 fully saturated rings. The topological polar surface area (TPSA) is 73.0 Å². The average molecular weight is 274 g/mol. The van der Waals surface area contributed by atoms with Gasteiger partial charge in [0.1, 0.15) is 5.82 Å². The largest absolute Gasteiger partial charge is 0.385 e. The van der Waals surface area contributed by atoms with Crippen LogP contribution >= 0.6 is 0 Å². The number of aromatic nitrogens is 2. The minimum Gasteiger partial charge on any atom is -0.385 e.